The molecule has 3 nitrogen and oxygen atoms in total. The van der Waals surface area contributed by atoms with Gasteiger partial charge in [-0.1, -0.05) is 19.1 Å². The Kier molecular flexibility index (Phi) is 3.87. The molecule has 0 radical (unpaired) electrons. The molecule has 4 heteroatoms. The van der Waals surface area contributed by atoms with Gasteiger partial charge in [-0.3, -0.25) is 0 Å². The maximum atomic E-state index is 13.2. The van der Waals surface area contributed by atoms with E-state index in [0.29, 0.717) is 0 Å². The minimum atomic E-state index is -0.244. The van der Waals surface area contributed by atoms with Crippen LogP contribution in [0.5, 0.6) is 0 Å². The predicted octanol–water partition coefficient (Wildman–Crippen LogP) is 3.41. The minimum absolute atomic E-state index is 0.244. The summed E-state index contributed by atoms with van der Waals surface area (Å²) in [7, 11) is 0. The Balaban J connectivity index is 2.37. The van der Waals surface area contributed by atoms with E-state index in [1.807, 2.05) is 19.1 Å². The lowest BCUT2D eigenvalue weighted by Gasteiger charge is -2.08. The summed E-state index contributed by atoms with van der Waals surface area (Å²) in [5, 5.41) is 11.4. The molecule has 0 saturated heterocycles. The van der Waals surface area contributed by atoms with Gasteiger partial charge in [-0.25, -0.2) is 4.39 Å². The van der Waals surface area contributed by atoms with E-state index in [0.717, 1.165) is 35.6 Å². The molecule has 0 bridgehead atoms. The molecule has 18 heavy (non-hydrogen) atoms. The first-order chi connectivity index (χ1) is 8.70. The van der Waals surface area contributed by atoms with Crippen LogP contribution in [0.4, 0.5) is 10.2 Å². The van der Waals surface area contributed by atoms with Crippen LogP contribution in [0.1, 0.15) is 19.0 Å². The van der Waals surface area contributed by atoms with E-state index in [9.17, 15) is 4.39 Å². The second-order valence-electron chi connectivity index (χ2n) is 4.17. The first kappa shape index (κ1) is 12.5. The second-order valence-corrected chi connectivity index (χ2v) is 4.17. The van der Waals surface area contributed by atoms with Gasteiger partial charge in [0.15, 0.2) is 0 Å². The number of rotatable bonds is 4. The molecule has 1 heterocycles. The Morgan fingerprint density at radius 1 is 1.22 bits per heavy atom. The van der Waals surface area contributed by atoms with E-state index in [-0.39, 0.29) is 5.82 Å². The van der Waals surface area contributed by atoms with Gasteiger partial charge in [-0.05, 0) is 37.1 Å². The normalized spacial score (nSPS) is 10.4. The van der Waals surface area contributed by atoms with E-state index in [4.69, 9.17) is 0 Å². The van der Waals surface area contributed by atoms with Gasteiger partial charge < -0.3 is 5.32 Å². The van der Waals surface area contributed by atoms with Crippen molar-refractivity contribution in [1.29, 1.82) is 0 Å². The van der Waals surface area contributed by atoms with Crippen LogP contribution in [0.15, 0.2) is 30.3 Å². The molecular formula is C14H16FN3. The highest BCUT2D eigenvalue weighted by molar-refractivity contribution is 5.68. The van der Waals surface area contributed by atoms with Crippen LogP contribution in [0.3, 0.4) is 0 Å². The van der Waals surface area contributed by atoms with Crippen LogP contribution in [0, 0.1) is 12.7 Å². The maximum Gasteiger partial charge on any atom is 0.149 e. The van der Waals surface area contributed by atoms with Crippen molar-refractivity contribution in [1.82, 2.24) is 10.2 Å². The zero-order chi connectivity index (χ0) is 13.0. The average molecular weight is 245 g/mol. The summed E-state index contributed by atoms with van der Waals surface area (Å²) in [6, 6.07) is 8.42. The average Bonchev–Trinajstić information content (AvgIpc) is 2.38. The minimum Gasteiger partial charge on any atom is -0.369 e. The number of anilines is 1. The molecule has 1 aromatic heterocycles. The number of halogens is 1. The molecule has 0 aliphatic heterocycles. The Bertz CT molecular complexity index is 540. The van der Waals surface area contributed by atoms with Gasteiger partial charge in [0.25, 0.3) is 0 Å². The summed E-state index contributed by atoms with van der Waals surface area (Å²) < 4.78 is 13.2. The van der Waals surface area contributed by atoms with Crippen molar-refractivity contribution in [2.24, 2.45) is 0 Å². The lowest BCUT2D eigenvalue weighted by Crippen LogP contribution is -2.04. The molecular weight excluding hydrogens is 229 g/mol. The van der Waals surface area contributed by atoms with E-state index in [2.05, 4.69) is 22.4 Å². The molecule has 1 N–H and O–H groups in total. The summed E-state index contributed by atoms with van der Waals surface area (Å²) in [4.78, 5) is 0. The van der Waals surface area contributed by atoms with Gasteiger partial charge in [-0.15, -0.1) is 5.10 Å². The van der Waals surface area contributed by atoms with Crippen molar-refractivity contribution in [2.75, 3.05) is 11.9 Å². The van der Waals surface area contributed by atoms with Crippen molar-refractivity contribution in [3.8, 4) is 11.1 Å². The number of aromatic nitrogens is 2. The fraction of sp³-hybridized carbons (Fsp3) is 0.286. The molecule has 0 saturated carbocycles. The fourth-order valence-corrected chi connectivity index (χ4v) is 1.74. The zero-order valence-corrected chi connectivity index (χ0v) is 10.6. The van der Waals surface area contributed by atoms with Crippen molar-refractivity contribution in [3.63, 3.8) is 0 Å². The van der Waals surface area contributed by atoms with Crippen molar-refractivity contribution in [2.45, 2.75) is 20.3 Å². The highest BCUT2D eigenvalue weighted by atomic mass is 19.1. The van der Waals surface area contributed by atoms with Crippen LogP contribution in [-0.2, 0) is 0 Å². The summed E-state index contributed by atoms with van der Waals surface area (Å²) >= 11 is 0. The number of nitrogens with one attached hydrogen (secondary N) is 1. The van der Waals surface area contributed by atoms with Gasteiger partial charge >= 0.3 is 0 Å². The van der Waals surface area contributed by atoms with Gasteiger partial charge in [0.1, 0.15) is 11.6 Å². The Labute approximate surface area is 106 Å². The van der Waals surface area contributed by atoms with E-state index < -0.39 is 0 Å². The lowest BCUT2D eigenvalue weighted by atomic mass is 10.1. The smallest absolute Gasteiger partial charge is 0.149 e. The highest BCUT2D eigenvalue weighted by Crippen LogP contribution is 2.24. The molecule has 0 unspecified atom stereocenters. The third-order valence-corrected chi connectivity index (χ3v) is 2.67. The largest absolute Gasteiger partial charge is 0.369 e. The Morgan fingerprint density at radius 3 is 2.78 bits per heavy atom. The van der Waals surface area contributed by atoms with Gasteiger partial charge in [0.05, 0.1) is 5.69 Å². The van der Waals surface area contributed by atoms with Gasteiger partial charge in [0.2, 0.25) is 0 Å². The summed E-state index contributed by atoms with van der Waals surface area (Å²) in [6.07, 6.45) is 1.02. The molecule has 0 amide bonds. The summed E-state index contributed by atoms with van der Waals surface area (Å²) in [6.45, 7) is 4.80. The third-order valence-electron chi connectivity index (χ3n) is 2.67. The van der Waals surface area contributed by atoms with E-state index in [1.54, 1.807) is 6.07 Å². The molecule has 2 aromatic rings. The quantitative estimate of drug-likeness (QED) is 0.897. The molecule has 94 valence electrons. The van der Waals surface area contributed by atoms with E-state index >= 15 is 0 Å². The number of hydrogen-bond donors (Lipinski definition) is 1. The molecule has 0 aliphatic rings. The number of aryl methyl sites for hydroxylation is 1. The number of nitrogens with zero attached hydrogens (tertiary/aromatic N) is 2. The molecule has 0 aliphatic carbocycles. The molecule has 0 spiro atoms. The molecule has 1 aromatic carbocycles. The highest BCUT2D eigenvalue weighted by Gasteiger charge is 2.06. The standard InChI is InChI=1S/C14H16FN3/c1-3-7-16-14-9-13(10(2)17-18-14)11-5-4-6-12(15)8-11/h4-6,8-9H,3,7H2,1-2H3,(H,16,18). The zero-order valence-electron chi connectivity index (χ0n) is 10.6. The summed E-state index contributed by atoms with van der Waals surface area (Å²) in [5.41, 5.74) is 2.52. The van der Waals surface area contributed by atoms with Gasteiger partial charge in [-0.2, -0.15) is 5.10 Å². The topological polar surface area (TPSA) is 37.8 Å². The lowest BCUT2D eigenvalue weighted by molar-refractivity contribution is 0.628. The van der Waals surface area contributed by atoms with Gasteiger partial charge in [0, 0.05) is 12.1 Å². The fourth-order valence-electron chi connectivity index (χ4n) is 1.74. The van der Waals surface area contributed by atoms with Crippen molar-refractivity contribution < 1.29 is 4.39 Å². The monoisotopic (exact) mass is 245 g/mol. The second kappa shape index (κ2) is 5.58. The van der Waals surface area contributed by atoms with E-state index in [1.165, 1.54) is 12.1 Å². The summed E-state index contributed by atoms with van der Waals surface area (Å²) in [5.74, 6) is 0.480. The third kappa shape index (κ3) is 2.83. The Hall–Kier alpha value is -1.97. The van der Waals surface area contributed by atoms with Crippen molar-refractivity contribution in [3.05, 3.63) is 41.8 Å². The van der Waals surface area contributed by atoms with Crippen LogP contribution >= 0.6 is 0 Å². The number of hydrogen-bond acceptors (Lipinski definition) is 3. The SMILES string of the molecule is CCCNc1cc(-c2cccc(F)c2)c(C)nn1. The van der Waals surface area contributed by atoms with Crippen LogP contribution < -0.4 is 5.32 Å². The predicted molar refractivity (Wildman–Crippen MR) is 70.9 cm³/mol. The molecule has 0 atom stereocenters. The van der Waals surface area contributed by atoms with Crippen LogP contribution in [0.2, 0.25) is 0 Å². The molecule has 2 rings (SSSR count). The maximum absolute atomic E-state index is 13.2. The molecule has 0 fully saturated rings. The first-order valence-electron chi connectivity index (χ1n) is 6.05. The number of benzene rings is 1. The Morgan fingerprint density at radius 2 is 2.06 bits per heavy atom. The van der Waals surface area contributed by atoms with Crippen LogP contribution in [0.25, 0.3) is 11.1 Å². The van der Waals surface area contributed by atoms with Crippen LogP contribution in [-0.4, -0.2) is 16.7 Å². The van der Waals surface area contributed by atoms with Crippen molar-refractivity contribution >= 4 is 5.82 Å². The first-order valence-corrected chi connectivity index (χ1v) is 6.05.